The molecule has 2 aliphatic heterocycles. The van der Waals surface area contributed by atoms with Crippen LogP contribution in [0.5, 0.6) is 0 Å². The minimum absolute atomic E-state index is 0.0190. The number of carbonyl (C=O) groups is 9. The zero-order valence-corrected chi connectivity index (χ0v) is 45.3. The van der Waals surface area contributed by atoms with Crippen LogP contribution >= 0.6 is 0 Å². The van der Waals surface area contributed by atoms with E-state index in [0.717, 1.165) is 0 Å². The summed E-state index contributed by atoms with van der Waals surface area (Å²) in [4.78, 5) is 108. The van der Waals surface area contributed by atoms with Crippen molar-refractivity contribution in [3.63, 3.8) is 0 Å². The molecule has 2 amide bonds. The van der Waals surface area contributed by atoms with Crippen LogP contribution in [0.15, 0.2) is 0 Å². The molecule has 2 saturated heterocycles. The molecule has 2 rings (SSSR count). The average Bonchev–Trinajstić information content (AvgIpc) is 3.32. The molecule has 0 aliphatic carbocycles. The monoisotopic (exact) mass is 1080 g/mol. The lowest BCUT2D eigenvalue weighted by Crippen LogP contribution is -2.58. The molecular formula is C50H82N2O23. The average molecular weight is 1080 g/mol. The van der Waals surface area contributed by atoms with Gasteiger partial charge in [-0.2, -0.15) is 0 Å². The third-order valence-electron chi connectivity index (χ3n) is 11.9. The van der Waals surface area contributed by atoms with Gasteiger partial charge in [0.15, 0.2) is 24.8 Å². The summed E-state index contributed by atoms with van der Waals surface area (Å²) in [5.41, 5.74) is -0.443. The molecule has 2 aliphatic rings. The largest absolute Gasteiger partial charge is 0.463 e. The first-order valence-corrected chi connectivity index (χ1v) is 25.3. The Hall–Kier alpha value is -4.89. The Morgan fingerprint density at radius 3 is 1.08 bits per heavy atom. The maximum Gasteiger partial charge on any atom is 0.303 e. The summed E-state index contributed by atoms with van der Waals surface area (Å²) >= 11 is 0. The molecule has 25 heteroatoms. The van der Waals surface area contributed by atoms with Crippen molar-refractivity contribution in [2.24, 2.45) is 17.3 Å². The van der Waals surface area contributed by atoms with Crippen molar-refractivity contribution < 1.29 is 109 Å². The number of Topliss-reactive ketones (excluding diaryl/α,β-unsaturated/α-hetero) is 1. The van der Waals surface area contributed by atoms with Crippen LogP contribution in [0.2, 0.25) is 0 Å². The quantitative estimate of drug-likeness (QED) is 0.0509. The second-order valence-electron chi connectivity index (χ2n) is 18.6. The summed E-state index contributed by atoms with van der Waals surface area (Å²) in [7, 11) is 0. The topological polar surface area (TPSA) is 307 Å². The van der Waals surface area contributed by atoms with E-state index in [9.17, 15) is 43.2 Å². The molecule has 0 aromatic heterocycles. The molecule has 10 unspecified atom stereocenters. The predicted molar refractivity (Wildman–Crippen MR) is 259 cm³/mol. The number of amides is 2. The predicted octanol–water partition coefficient (Wildman–Crippen LogP) is 1.83. The third kappa shape index (κ3) is 28.2. The number of hydrogen-bond donors (Lipinski definition) is 2. The molecule has 430 valence electrons. The second kappa shape index (κ2) is 36.2. The van der Waals surface area contributed by atoms with Crippen molar-refractivity contribution in [2.45, 2.75) is 157 Å². The lowest BCUT2D eigenvalue weighted by atomic mass is 9.76. The Kier molecular flexibility index (Phi) is 32.0. The fourth-order valence-electron chi connectivity index (χ4n) is 8.00. The van der Waals surface area contributed by atoms with Crippen LogP contribution in [-0.2, 0) is 109 Å². The van der Waals surface area contributed by atoms with E-state index in [1.54, 1.807) is 13.8 Å². The van der Waals surface area contributed by atoms with Crippen LogP contribution in [0.25, 0.3) is 0 Å². The van der Waals surface area contributed by atoms with Gasteiger partial charge in [-0.05, 0) is 31.6 Å². The van der Waals surface area contributed by atoms with E-state index in [1.807, 2.05) is 6.92 Å². The fourth-order valence-corrected chi connectivity index (χ4v) is 8.00. The first-order chi connectivity index (χ1) is 35.5. The van der Waals surface area contributed by atoms with Gasteiger partial charge >= 0.3 is 35.8 Å². The van der Waals surface area contributed by atoms with Crippen molar-refractivity contribution in [3.05, 3.63) is 0 Å². The van der Waals surface area contributed by atoms with E-state index in [4.69, 9.17) is 66.3 Å². The number of ether oxygens (including phenoxy) is 14. The minimum Gasteiger partial charge on any atom is -0.463 e. The maximum atomic E-state index is 12.8. The van der Waals surface area contributed by atoms with Gasteiger partial charge in [0.1, 0.15) is 43.4 Å². The van der Waals surface area contributed by atoms with Gasteiger partial charge in [-0.25, -0.2) is 0 Å². The number of esters is 6. The highest BCUT2D eigenvalue weighted by atomic mass is 16.7. The highest BCUT2D eigenvalue weighted by Crippen LogP contribution is 2.35. The molecule has 2 fully saturated rings. The van der Waals surface area contributed by atoms with Gasteiger partial charge in [-0.3, -0.25) is 38.4 Å². The van der Waals surface area contributed by atoms with Gasteiger partial charge in [0.25, 0.3) is 0 Å². The summed E-state index contributed by atoms with van der Waals surface area (Å²) in [5.74, 6) is -5.06. The Morgan fingerprint density at radius 1 is 0.427 bits per heavy atom. The third-order valence-corrected chi connectivity index (χ3v) is 11.9. The Balaban J connectivity index is 1.63. The molecule has 0 spiro atoms. The number of nitrogens with one attached hydrogen (secondary N) is 2. The Bertz CT molecular complexity index is 1690. The maximum absolute atomic E-state index is 12.8. The highest BCUT2D eigenvalue weighted by Gasteiger charge is 2.50. The van der Waals surface area contributed by atoms with Crippen LogP contribution in [0.3, 0.4) is 0 Å². The zero-order chi connectivity index (χ0) is 55.9. The molecule has 2 heterocycles. The van der Waals surface area contributed by atoms with E-state index >= 15 is 0 Å². The SMILES string of the molecule is CC(=O)CCC(C)(CCC(=O)NCCOCCOCCOC1OC(COC(C)=O)C(OC(C)=O)C(OC(C)=O)C1C)CCC(=O)NCCOCCOCCOC1OC(COC(C)=O)C(OC(C)=O)C(OC(C)=O)C1C. The number of carbonyl (C=O) groups excluding carboxylic acids is 9. The fraction of sp³-hybridized carbons (Fsp3) is 0.820. The summed E-state index contributed by atoms with van der Waals surface area (Å²) in [5, 5.41) is 5.67. The van der Waals surface area contributed by atoms with Crippen molar-refractivity contribution >= 4 is 53.4 Å². The van der Waals surface area contributed by atoms with Crippen LogP contribution in [0, 0.1) is 17.3 Å². The molecule has 75 heavy (non-hydrogen) atoms. The van der Waals surface area contributed by atoms with Gasteiger partial charge in [-0.1, -0.05) is 20.8 Å². The zero-order valence-electron chi connectivity index (χ0n) is 45.3. The summed E-state index contributed by atoms with van der Waals surface area (Å²) in [6.07, 6.45) is -5.45. The molecule has 10 atom stereocenters. The highest BCUT2D eigenvalue weighted by molar-refractivity contribution is 5.77. The molecule has 0 aromatic carbocycles. The van der Waals surface area contributed by atoms with E-state index in [0.29, 0.717) is 25.7 Å². The van der Waals surface area contributed by atoms with Gasteiger partial charge in [0.2, 0.25) is 11.8 Å². The first kappa shape index (κ1) is 66.2. The molecule has 0 bridgehead atoms. The van der Waals surface area contributed by atoms with E-state index in [-0.39, 0.29) is 123 Å². The molecule has 0 saturated carbocycles. The number of rotatable bonds is 37. The number of hydrogen-bond acceptors (Lipinski definition) is 23. The summed E-state index contributed by atoms with van der Waals surface area (Å²) in [6.45, 7) is 16.2. The van der Waals surface area contributed by atoms with E-state index in [1.165, 1.54) is 48.5 Å². The van der Waals surface area contributed by atoms with Gasteiger partial charge in [0, 0.05) is 85.7 Å². The van der Waals surface area contributed by atoms with E-state index < -0.39 is 102 Å². The van der Waals surface area contributed by atoms with Gasteiger partial charge in [0.05, 0.1) is 66.1 Å². The van der Waals surface area contributed by atoms with Crippen molar-refractivity contribution in [3.8, 4) is 0 Å². The molecule has 2 N–H and O–H groups in total. The first-order valence-electron chi connectivity index (χ1n) is 25.3. The van der Waals surface area contributed by atoms with Crippen LogP contribution in [0.4, 0.5) is 0 Å². The van der Waals surface area contributed by atoms with Crippen LogP contribution in [0.1, 0.15) is 108 Å². The van der Waals surface area contributed by atoms with Gasteiger partial charge in [-0.15, -0.1) is 0 Å². The van der Waals surface area contributed by atoms with Gasteiger partial charge < -0.3 is 81.7 Å². The lowest BCUT2D eigenvalue weighted by molar-refractivity contribution is -0.290. The molecular weight excluding hydrogens is 997 g/mol. The van der Waals surface area contributed by atoms with E-state index in [2.05, 4.69) is 10.6 Å². The Labute approximate surface area is 439 Å². The summed E-state index contributed by atoms with van der Waals surface area (Å²) < 4.78 is 78.0. The standard InChI is InChI=1S/C50H82N2O23/c1-31(53)11-14-50(10,15-12-42(60)51-17-19-62-21-23-64-25-27-66-48-32(2)44(70-36(6)56)46(72-38(8)58)40(74-48)29-68-34(4)54)16-13-43(61)52-18-20-63-22-24-65-26-28-67-49-33(3)45(71-37(7)57)47(73-39(9)59)41(75-49)30-69-35(5)55/h32-33,40-41,44-49H,11-30H2,1-10H3,(H,51,60)(H,52,61). The van der Waals surface area contributed by atoms with Crippen LogP contribution < -0.4 is 10.6 Å². The summed E-state index contributed by atoms with van der Waals surface area (Å²) in [6, 6.07) is 0. The Morgan fingerprint density at radius 2 is 0.747 bits per heavy atom. The second-order valence-corrected chi connectivity index (χ2v) is 18.6. The van der Waals surface area contributed by atoms with Crippen molar-refractivity contribution in [1.82, 2.24) is 10.6 Å². The number of ketones is 1. The van der Waals surface area contributed by atoms with Crippen LogP contribution in [-0.4, -0.2) is 195 Å². The molecule has 25 nitrogen and oxygen atoms in total. The smallest absolute Gasteiger partial charge is 0.303 e. The van der Waals surface area contributed by atoms with Crippen molar-refractivity contribution in [2.75, 3.05) is 92.4 Å². The molecule has 0 aromatic rings. The van der Waals surface area contributed by atoms with Crippen molar-refractivity contribution in [1.29, 1.82) is 0 Å². The lowest BCUT2D eigenvalue weighted by Gasteiger charge is -2.43. The molecule has 0 radical (unpaired) electrons. The minimum atomic E-state index is -1.03. The normalized spacial score (nSPS) is 24.1.